The highest BCUT2D eigenvalue weighted by Crippen LogP contribution is 2.33. The fourth-order valence-corrected chi connectivity index (χ4v) is 3.73. The van der Waals surface area contributed by atoms with Gasteiger partial charge < -0.3 is 0 Å². The van der Waals surface area contributed by atoms with Crippen molar-refractivity contribution in [2.24, 2.45) is 0 Å². The number of benzene rings is 4. The van der Waals surface area contributed by atoms with Gasteiger partial charge >= 0.3 is 0 Å². The Labute approximate surface area is 172 Å². The third kappa shape index (κ3) is 3.95. The molecule has 0 saturated heterocycles. The van der Waals surface area contributed by atoms with Crippen molar-refractivity contribution in [1.29, 1.82) is 0 Å². The summed E-state index contributed by atoms with van der Waals surface area (Å²) in [7, 11) is 0. The summed E-state index contributed by atoms with van der Waals surface area (Å²) in [5.41, 5.74) is 1.95. The van der Waals surface area contributed by atoms with E-state index in [0.717, 1.165) is 48.4 Å². The third-order valence-corrected chi connectivity index (χ3v) is 5.29. The summed E-state index contributed by atoms with van der Waals surface area (Å²) in [6, 6.07) is 16.2. The molecule has 0 unspecified atom stereocenters. The van der Waals surface area contributed by atoms with E-state index in [2.05, 4.69) is 6.92 Å². The van der Waals surface area contributed by atoms with Crippen LogP contribution in [0.2, 0.25) is 0 Å². The molecule has 0 spiro atoms. The van der Waals surface area contributed by atoms with E-state index in [-0.39, 0.29) is 16.7 Å². The molecule has 4 heteroatoms. The Morgan fingerprint density at radius 1 is 0.667 bits per heavy atom. The van der Waals surface area contributed by atoms with Gasteiger partial charge in [-0.15, -0.1) is 0 Å². The predicted molar refractivity (Wildman–Crippen MR) is 113 cm³/mol. The monoisotopic (exact) mass is 408 g/mol. The molecule has 152 valence electrons. The topological polar surface area (TPSA) is 0 Å². The van der Waals surface area contributed by atoms with Crippen LogP contribution in [0.5, 0.6) is 0 Å². The van der Waals surface area contributed by atoms with E-state index in [0.29, 0.717) is 10.9 Å². The van der Waals surface area contributed by atoms with Gasteiger partial charge in [-0.25, -0.2) is 17.6 Å². The Balaban J connectivity index is 1.73. The van der Waals surface area contributed by atoms with Crippen molar-refractivity contribution in [1.82, 2.24) is 0 Å². The molecule has 0 amide bonds. The predicted octanol–water partition coefficient (Wildman–Crippen LogP) is 8.07. The highest BCUT2D eigenvalue weighted by atomic mass is 19.1. The Morgan fingerprint density at radius 2 is 1.40 bits per heavy atom. The van der Waals surface area contributed by atoms with E-state index >= 15 is 4.39 Å². The molecule has 0 fully saturated rings. The number of hydrogen-bond donors (Lipinski definition) is 0. The van der Waals surface area contributed by atoms with Crippen LogP contribution >= 0.6 is 0 Å². The van der Waals surface area contributed by atoms with Crippen LogP contribution in [0.4, 0.5) is 17.6 Å². The number of rotatable bonds is 5. The smallest absolute Gasteiger partial charge is 0.138 e. The van der Waals surface area contributed by atoms with Gasteiger partial charge in [0.2, 0.25) is 0 Å². The van der Waals surface area contributed by atoms with Gasteiger partial charge in [-0.1, -0.05) is 55.8 Å². The number of halogens is 4. The minimum atomic E-state index is -0.785. The Hall–Kier alpha value is -3.14. The average molecular weight is 408 g/mol. The van der Waals surface area contributed by atoms with Gasteiger partial charge in [0.05, 0.1) is 0 Å². The number of unbranched alkanes of at least 4 members (excludes halogenated alkanes) is 1. The van der Waals surface area contributed by atoms with E-state index in [1.54, 1.807) is 18.2 Å². The zero-order valence-corrected chi connectivity index (χ0v) is 16.5. The van der Waals surface area contributed by atoms with E-state index in [1.807, 2.05) is 18.2 Å². The van der Waals surface area contributed by atoms with Crippen molar-refractivity contribution in [3.63, 3.8) is 0 Å². The maximum absolute atomic E-state index is 15.2. The molecule has 0 aliphatic carbocycles. The van der Waals surface area contributed by atoms with Crippen molar-refractivity contribution in [2.45, 2.75) is 26.2 Å². The van der Waals surface area contributed by atoms with E-state index in [1.165, 1.54) is 12.1 Å². The van der Waals surface area contributed by atoms with E-state index in [9.17, 15) is 13.2 Å². The summed E-state index contributed by atoms with van der Waals surface area (Å²) in [5.74, 6) is -2.66. The fourth-order valence-electron chi connectivity index (χ4n) is 3.73. The third-order valence-electron chi connectivity index (χ3n) is 5.29. The van der Waals surface area contributed by atoms with Gasteiger partial charge in [0, 0.05) is 22.6 Å². The lowest BCUT2D eigenvalue weighted by Gasteiger charge is -2.11. The molecular weight excluding hydrogens is 388 g/mol. The lowest BCUT2D eigenvalue weighted by molar-refractivity contribution is 0.583. The molecule has 0 heterocycles. The van der Waals surface area contributed by atoms with Crippen LogP contribution < -0.4 is 0 Å². The first-order valence-corrected chi connectivity index (χ1v) is 9.94. The van der Waals surface area contributed by atoms with Crippen molar-refractivity contribution >= 4 is 10.8 Å². The molecule has 0 saturated carbocycles. The summed E-state index contributed by atoms with van der Waals surface area (Å²) < 4.78 is 56.9. The van der Waals surface area contributed by atoms with E-state index < -0.39 is 23.3 Å². The first kappa shape index (κ1) is 20.1. The SMILES string of the molecule is CCCCc1ccc2c(F)c(-c3ccc(-c4cc(F)cc(F)c4)c(F)c3)ccc2c1. The minimum absolute atomic E-state index is 0.0545. The molecule has 0 aliphatic rings. The molecule has 4 aromatic rings. The maximum Gasteiger partial charge on any atom is 0.138 e. The van der Waals surface area contributed by atoms with Crippen LogP contribution in [-0.4, -0.2) is 0 Å². The molecule has 0 radical (unpaired) electrons. The standard InChI is InChI=1S/C26H20F4/c1-2-3-4-16-5-8-23-17(11-16)7-10-24(26(23)30)18-6-9-22(25(29)14-18)19-12-20(27)15-21(28)13-19/h5-15H,2-4H2,1H3. The Bertz CT molecular complexity index is 1210. The van der Waals surface area contributed by atoms with Crippen molar-refractivity contribution < 1.29 is 17.6 Å². The van der Waals surface area contributed by atoms with Crippen molar-refractivity contribution in [2.75, 3.05) is 0 Å². The lowest BCUT2D eigenvalue weighted by Crippen LogP contribution is -1.92. The summed E-state index contributed by atoms with van der Waals surface area (Å²) in [6.45, 7) is 2.13. The second kappa shape index (κ2) is 8.31. The molecule has 0 N–H and O–H groups in total. The zero-order chi connectivity index (χ0) is 21.3. The molecule has 4 rings (SSSR count). The zero-order valence-electron chi connectivity index (χ0n) is 16.5. The number of hydrogen-bond acceptors (Lipinski definition) is 0. The normalized spacial score (nSPS) is 11.2. The molecule has 0 bridgehead atoms. The van der Waals surface area contributed by atoms with Crippen LogP contribution in [-0.2, 0) is 6.42 Å². The summed E-state index contributed by atoms with van der Waals surface area (Å²) in [6.07, 6.45) is 3.12. The largest absolute Gasteiger partial charge is 0.207 e. The minimum Gasteiger partial charge on any atom is -0.207 e. The van der Waals surface area contributed by atoms with Crippen LogP contribution in [0.3, 0.4) is 0 Å². The van der Waals surface area contributed by atoms with Gasteiger partial charge in [-0.3, -0.25) is 0 Å². The van der Waals surface area contributed by atoms with Gasteiger partial charge in [0.1, 0.15) is 23.3 Å². The highest BCUT2D eigenvalue weighted by Gasteiger charge is 2.14. The number of fused-ring (bicyclic) bond motifs is 1. The summed E-state index contributed by atoms with van der Waals surface area (Å²) in [5, 5.41) is 1.28. The van der Waals surface area contributed by atoms with Gasteiger partial charge in [0.15, 0.2) is 0 Å². The molecule has 0 atom stereocenters. The second-order valence-corrected chi connectivity index (χ2v) is 7.44. The lowest BCUT2D eigenvalue weighted by atomic mass is 9.96. The van der Waals surface area contributed by atoms with Gasteiger partial charge in [-0.05, 0) is 53.1 Å². The second-order valence-electron chi connectivity index (χ2n) is 7.44. The van der Waals surface area contributed by atoms with Crippen LogP contribution in [0.25, 0.3) is 33.0 Å². The maximum atomic E-state index is 15.2. The van der Waals surface area contributed by atoms with Crippen LogP contribution in [0.15, 0.2) is 66.7 Å². The molecular formula is C26H20F4. The van der Waals surface area contributed by atoms with E-state index in [4.69, 9.17) is 0 Å². The molecule has 30 heavy (non-hydrogen) atoms. The van der Waals surface area contributed by atoms with Gasteiger partial charge in [-0.2, -0.15) is 0 Å². The van der Waals surface area contributed by atoms with Crippen molar-refractivity contribution in [3.8, 4) is 22.3 Å². The first-order valence-electron chi connectivity index (χ1n) is 9.94. The summed E-state index contributed by atoms with van der Waals surface area (Å²) in [4.78, 5) is 0. The summed E-state index contributed by atoms with van der Waals surface area (Å²) >= 11 is 0. The van der Waals surface area contributed by atoms with Crippen LogP contribution in [0.1, 0.15) is 25.3 Å². The molecule has 4 aromatic carbocycles. The van der Waals surface area contributed by atoms with Crippen molar-refractivity contribution in [3.05, 3.63) is 95.6 Å². The molecule has 0 aromatic heterocycles. The number of aryl methyl sites for hydroxylation is 1. The quantitative estimate of drug-likeness (QED) is 0.293. The average Bonchev–Trinajstić information content (AvgIpc) is 2.71. The molecule has 0 nitrogen and oxygen atoms in total. The van der Waals surface area contributed by atoms with Gasteiger partial charge in [0.25, 0.3) is 0 Å². The highest BCUT2D eigenvalue weighted by molar-refractivity contribution is 5.89. The fraction of sp³-hybridized carbons (Fsp3) is 0.154. The van der Waals surface area contributed by atoms with Crippen LogP contribution in [0, 0.1) is 23.3 Å². The molecule has 0 aliphatic heterocycles. The Kier molecular flexibility index (Phi) is 5.58. The Morgan fingerprint density at radius 3 is 2.10 bits per heavy atom. The first-order chi connectivity index (χ1) is 14.5.